The molecule has 0 spiro atoms. The van der Waals surface area contributed by atoms with Crippen molar-refractivity contribution in [2.45, 2.75) is 13.8 Å². The minimum Gasteiger partial charge on any atom is -0.490 e. The zero-order valence-electron chi connectivity index (χ0n) is 14.9. The van der Waals surface area contributed by atoms with Gasteiger partial charge < -0.3 is 19.7 Å². The second-order valence-corrected chi connectivity index (χ2v) is 5.43. The summed E-state index contributed by atoms with van der Waals surface area (Å²) in [7, 11) is 0. The smallest absolute Gasteiger partial charge is 0.241 e. The first kappa shape index (κ1) is 18.6. The van der Waals surface area contributed by atoms with Crippen LogP contribution in [0.25, 0.3) is 0 Å². The molecule has 0 radical (unpaired) electrons. The maximum absolute atomic E-state index is 12.1. The van der Waals surface area contributed by atoms with Crippen LogP contribution in [0.2, 0.25) is 0 Å². The van der Waals surface area contributed by atoms with Crippen LogP contribution in [0.15, 0.2) is 54.6 Å². The molecule has 1 amide bonds. The van der Waals surface area contributed by atoms with Gasteiger partial charge in [0, 0.05) is 13.1 Å². The number of carbonyl (C=O) groups is 1. The summed E-state index contributed by atoms with van der Waals surface area (Å²) in [6, 6.07) is 17.2. The van der Waals surface area contributed by atoms with Gasteiger partial charge in [-0.3, -0.25) is 4.79 Å². The van der Waals surface area contributed by atoms with Gasteiger partial charge in [0.25, 0.3) is 0 Å². The van der Waals surface area contributed by atoms with Gasteiger partial charge in [0.1, 0.15) is 24.7 Å². The van der Waals surface area contributed by atoms with E-state index in [9.17, 15) is 4.79 Å². The van der Waals surface area contributed by atoms with E-state index in [2.05, 4.69) is 5.32 Å². The van der Waals surface area contributed by atoms with E-state index in [1.165, 1.54) is 0 Å². The van der Waals surface area contributed by atoms with Crippen molar-refractivity contribution >= 4 is 11.6 Å². The van der Waals surface area contributed by atoms with Gasteiger partial charge in [-0.05, 0) is 38.1 Å². The Morgan fingerprint density at radius 3 is 2.28 bits per heavy atom. The Labute approximate surface area is 149 Å². The summed E-state index contributed by atoms with van der Waals surface area (Å²) in [6.07, 6.45) is 0. The maximum Gasteiger partial charge on any atom is 0.241 e. The van der Waals surface area contributed by atoms with Gasteiger partial charge in [0.15, 0.2) is 0 Å². The molecule has 1 N–H and O–H groups in total. The van der Waals surface area contributed by atoms with Crippen LogP contribution in [0, 0.1) is 0 Å². The van der Waals surface area contributed by atoms with Gasteiger partial charge in [-0.15, -0.1) is 0 Å². The Morgan fingerprint density at radius 1 is 0.920 bits per heavy atom. The van der Waals surface area contributed by atoms with E-state index in [-0.39, 0.29) is 12.5 Å². The topological polar surface area (TPSA) is 50.8 Å². The third-order valence-corrected chi connectivity index (χ3v) is 3.79. The van der Waals surface area contributed by atoms with Crippen LogP contribution in [0.3, 0.4) is 0 Å². The molecule has 0 fully saturated rings. The number of ether oxygens (including phenoxy) is 2. The molecule has 2 aromatic carbocycles. The van der Waals surface area contributed by atoms with Crippen LogP contribution in [-0.2, 0) is 4.79 Å². The number of benzene rings is 2. The molecule has 2 aromatic rings. The number of carbonyl (C=O) groups excluding carboxylic acids is 1. The van der Waals surface area contributed by atoms with E-state index < -0.39 is 0 Å². The van der Waals surface area contributed by atoms with E-state index in [1.54, 1.807) is 4.90 Å². The normalized spacial score (nSPS) is 10.2. The van der Waals surface area contributed by atoms with E-state index >= 15 is 0 Å². The highest BCUT2D eigenvalue weighted by Gasteiger charge is 2.10. The zero-order valence-corrected chi connectivity index (χ0v) is 14.9. The third kappa shape index (κ3) is 6.03. The molecule has 2 rings (SSSR count). The zero-order chi connectivity index (χ0) is 17.9. The van der Waals surface area contributed by atoms with E-state index in [0.717, 1.165) is 11.4 Å². The minimum atomic E-state index is 0.0761. The molecule has 134 valence electrons. The highest BCUT2D eigenvalue weighted by Crippen LogP contribution is 2.23. The van der Waals surface area contributed by atoms with E-state index in [4.69, 9.17) is 9.47 Å². The Morgan fingerprint density at radius 2 is 1.56 bits per heavy atom. The molecule has 0 aliphatic carbocycles. The first-order valence-electron chi connectivity index (χ1n) is 8.66. The molecular weight excluding hydrogens is 316 g/mol. The highest BCUT2D eigenvalue weighted by molar-refractivity contribution is 5.81. The van der Waals surface area contributed by atoms with Crippen molar-refractivity contribution in [3.8, 4) is 11.5 Å². The fraction of sp³-hybridized carbons (Fsp3) is 0.350. The number of likely N-dealkylation sites (N-methyl/N-ethyl adjacent to an activating group) is 1. The number of hydrogen-bond acceptors (Lipinski definition) is 4. The molecule has 0 atom stereocenters. The lowest BCUT2D eigenvalue weighted by Crippen LogP contribution is -2.35. The summed E-state index contributed by atoms with van der Waals surface area (Å²) in [6.45, 7) is 6.52. The number of hydrogen-bond donors (Lipinski definition) is 1. The molecule has 0 aromatic heterocycles. The largest absolute Gasteiger partial charge is 0.490 e. The van der Waals surface area contributed by atoms with Gasteiger partial charge in [-0.2, -0.15) is 0 Å². The fourth-order valence-corrected chi connectivity index (χ4v) is 2.43. The summed E-state index contributed by atoms with van der Waals surface area (Å²) >= 11 is 0. The van der Waals surface area contributed by atoms with Gasteiger partial charge >= 0.3 is 0 Å². The van der Waals surface area contributed by atoms with Gasteiger partial charge in [-0.1, -0.05) is 30.3 Å². The van der Waals surface area contributed by atoms with E-state index in [1.807, 2.05) is 68.4 Å². The maximum atomic E-state index is 12.1. The lowest BCUT2D eigenvalue weighted by molar-refractivity contribution is -0.128. The Kier molecular flexibility index (Phi) is 7.63. The van der Waals surface area contributed by atoms with Crippen LogP contribution >= 0.6 is 0 Å². The summed E-state index contributed by atoms with van der Waals surface area (Å²) in [5, 5.41) is 3.16. The molecule has 5 heteroatoms. The predicted octanol–water partition coefficient (Wildman–Crippen LogP) is 3.42. The second kappa shape index (κ2) is 10.2. The Hall–Kier alpha value is -2.69. The molecule has 0 heterocycles. The number of para-hydroxylation sites is 3. The number of rotatable bonds is 10. The molecule has 5 nitrogen and oxygen atoms in total. The van der Waals surface area contributed by atoms with E-state index in [0.29, 0.717) is 32.1 Å². The summed E-state index contributed by atoms with van der Waals surface area (Å²) in [4.78, 5) is 13.9. The monoisotopic (exact) mass is 342 g/mol. The van der Waals surface area contributed by atoms with Gasteiger partial charge in [-0.25, -0.2) is 0 Å². The molecule has 0 saturated carbocycles. The predicted molar refractivity (Wildman–Crippen MR) is 100 cm³/mol. The molecule has 0 unspecified atom stereocenters. The SMILES string of the molecule is CCN(CC)C(=O)CNc1ccccc1OCCOc1ccccc1. The standard InChI is InChI=1S/C20H26N2O3/c1-3-22(4-2)20(23)16-21-18-12-8-9-13-19(18)25-15-14-24-17-10-6-5-7-11-17/h5-13,21H,3-4,14-16H2,1-2H3. The lowest BCUT2D eigenvalue weighted by Gasteiger charge is -2.20. The molecular formula is C20H26N2O3. The average molecular weight is 342 g/mol. The molecule has 0 saturated heterocycles. The first-order valence-corrected chi connectivity index (χ1v) is 8.66. The fourth-order valence-electron chi connectivity index (χ4n) is 2.43. The van der Waals surface area contributed by atoms with Crippen LogP contribution in [0.5, 0.6) is 11.5 Å². The van der Waals surface area contributed by atoms with Crippen molar-refractivity contribution in [3.63, 3.8) is 0 Å². The number of amides is 1. The average Bonchev–Trinajstić information content (AvgIpc) is 2.66. The van der Waals surface area contributed by atoms with Crippen molar-refractivity contribution in [2.24, 2.45) is 0 Å². The summed E-state index contributed by atoms with van der Waals surface area (Å²) in [5.74, 6) is 1.61. The van der Waals surface area contributed by atoms with Gasteiger partial charge in [0.05, 0.1) is 12.2 Å². The number of nitrogens with zero attached hydrogens (tertiary/aromatic N) is 1. The van der Waals surface area contributed by atoms with Gasteiger partial charge in [0.2, 0.25) is 5.91 Å². The van der Waals surface area contributed by atoms with Crippen molar-refractivity contribution in [2.75, 3.05) is 38.2 Å². The van der Waals surface area contributed by atoms with Crippen molar-refractivity contribution < 1.29 is 14.3 Å². The first-order chi connectivity index (χ1) is 12.2. The van der Waals surface area contributed by atoms with Crippen molar-refractivity contribution in [1.82, 2.24) is 4.90 Å². The second-order valence-electron chi connectivity index (χ2n) is 5.43. The Balaban J connectivity index is 1.82. The highest BCUT2D eigenvalue weighted by atomic mass is 16.5. The summed E-state index contributed by atoms with van der Waals surface area (Å²) < 4.78 is 11.4. The molecule has 0 bridgehead atoms. The molecule has 25 heavy (non-hydrogen) atoms. The molecule has 0 aliphatic rings. The number of nitrogens with one attached hydrogen (secondary N) is 1. The molecule has 0 aliphatic heterocycles. The van der Waals surface area contributed by atoms with Crippen LogP contribution in [0.1, 0.15) is 13.8 Å². The quantitative estimate of drug-likeness (QED) is 0.672. The van der Waals surface area contributed by atoms with Crippen molar-refractivity contribution in [1.29, 1.82) is 0 Å². The van der Waals surface area contributed by atoms with Crippen molar-refractivity contribution in [3.05, 3.63) is 54.6 Å². The third-order valence-electron chi connectivity index (χ3n) is 3.79. The van der Waals surface area contributed by atoms with Crippen LogP contribution < -0.4 is 14.8 Å². The van der Waals surface area contributed by atoms with Crippen LogP contribution in [-0.4, -0.2) is 43.7 Å². The Bertz CT molecular complexity index is 642. The van der Waals surface area contributed by atoms with Crippen LogP contribution in [0.4, 0.5) is 5.69 Å². The minimum absolute atomic E-state index is 0.0761. The lowest BCUT2D eigenvalue weighted by atomic mass is 10.3. The number of anilines is 1. The summed E-state index contributed by atoms with van der Waals surface area (Å²) in [5.41, 5.74) is 0.808.